The van der Waals surface area contributed by atoms with Gasteiger partial charge in [-0.05, 0) is 36.0 Å². The Labute approximate surface area is 234 Å². The average molecular weight is 541 g/mol. The molecule has 40 heavy (non-hydrogen) atoms. The molecule has 1 aliphatic carbocycles. The Morgan fingerprint density at radius 3 is 2.35 bits per heavy atom. The van der Waals surface area contributed by atoms with Crippen molar-refractivity contribution in [3.05, 3.63) is 83.4 Å². The maximum absolute atomic E-state index is 13.6. The molecule has 0 radical (unpaired) electrons. The van der Waals surface area contributed by atoms with Gasteiger partial charge in [0.1, 0.15) is 0 Å². The molecule has 1 saturated carbocycles. The number of carbonyl (C=O) groups is 3. The second-order valence-corrected chi connectivity index (χ2v) is 12.5. The Morgan fingerprint density at radius 1 is 0.950 bits per heavy atom. The summed E-state index contributed by atoms with van der Waals surface area (Å²) in [5, 5.41) is 7.47. The SMILES string of the molecule is Cc1ccc(CNC(=O)[C@@H]2CN(C(=O)c3cnn(Cc4ccccc4)c3)CC23CN(C(=O)[C@H]2CC2(C)C)C3)cn1. The molecule has 1 spiro atoms. The molecule has 0 bridgehead atoms. The van der Waals surface area contributed by atoms with Crippen molar-refractivity contribution >= 4 is 17.7 Å². The van der Waals surface area contributed by atoms with E-state index in [1.54, 1.807) is 28.2 Å². The molecule has 4 heterocycles. The lowest BCUT2D eigenvalue weighted by Crippen LogP contribution is -2.64. The average Bonchev–Trinajstić information content (AvgIpc) is 3.25. The molecular weight excluding hydrogens is 504 g/mol. The number of aryl methyl sites for hydroxylation is 1. The van der Waals surface area contributed by atoms with E-state index in [1.165, 1.54) is 0 Å². The fourth-order valence-corrected chi connectivity index (χ4v) is 6.21. The van der Waals surface area contributed by atoms with Crippen LogP contribution in [0.15, 0.2) is 61.1 Å². The molecule has 2 saturated heterocycles. The van der Waals surface area contributed by atoms with E-state index < -0.39 is 11.3 Å². The minimum absolute atomic E-state index is 0.0519. The van der Waals surface area contributed by atoms with Crippen LogP contribution in [0.1, 0.15) is 47.4 Å². The first-order valence-corrected chi connectivity index (χ1v) is 14.0. The normalized spacial score (nSPS) is 22.2. The van der Waals surface area contributed by atoms with Gasteiger partial charge in [-0.1, -0.05) is 50.2 Å². The smallest absolute Gasteiger partial charge is 0.257 e. The molecule has 1 N–H and O–H groups in total. The number of hydrogen-bond acceptors (Lipinski definition) is 5. The summed E-state index contributed by atoms with van der Waals surface area (Å²) in [6, 6.07) is 13.8. The molecule has 1 aromatic carbocycles. The van der Waals surface area contributed by atoms with E-state index in [4.69, 9.17) is 0 Å². The number of likely N-dealkylation sites (tertiary alicyclic amines) is 2. The van der Waals surface area contributed by atoms with Gasteiger partial charge < -0.3 is 15.1 Å². The van der Waals surface area contributed by atoms with E-state index >= 15 is 0 Å². The van der Waals surface area contributed by atoms with Gasteiger partial charge in [0.2, 0.25) is 11.8 Å². The Morgan fingerprint density at radius 2 is 1.68 bits per heavy atom. The van der Waals surface area contributed by atoms with Crippen molar-refractivity contribution in [2.45, 2.75) is 40.3 Å². The second kappa shape index (κ2) is 9.87. The number of aromatic nitrogens is 3. The van der Waals surface area contributed by atoms with Crippen LogP contribution in [-0.4, -0.2) is 68.5 Å². The molecule has 9 heteroatoms. The minimum Gasteiger partial charge on any atom is -0.352 e. The van der Waals surface area contributed by atoms with Gasteiger partial charge in [0.05, 0.1) is 24.2 Å². The summed E-state index contributed by atoms with van der Waals surface area (Å²) >= 11 is 0. The number of hydrogen-bond donors (Lipinski definition) is 1. The molecule has 2 atom stereocenters. The van der Waals surface area contributed by atoms with Crippen molar-refractivity contribution in [1.29, 1.82) is 0 Å². The quantitative estimate of drug-likeness (QED) is 0.497. The Kier molecular flexibility index (Phi) is 6.47. The van der Waals surface area contributed by atoms with Crippen molar-refractivity contribution < 1.29 is 14.4 Å². The number of amides is 3. The van der Waals surface area contributed by atoms with Crippen molar-refractivity contribution in [3.63, 3.8) is 0 Å². The molecule has 0 unspecified atom stereocenters. The van der Waals surface area contributed by atoms with Crippen molar-refractivity contribution in [2.75, 3.05) is 26.2 Å². The van der Waals surface area contributed by atoms with Crippen molar-refractivity contribution in [2.24, 2.45) is 22.7 Å². The first-order chi connectivity index (χ1) is 19.1. The van der Waals surface area contributed by atoms with Gasteiger partial charge >= 0.3 is 0 Å². The van der Waals surface area contributed by atoms with E-state index in [2.05, 4.69) is 29.2 Å². The summed E-state index contributed by atoms with van der Waals surface area (Å²) in [7, 11) is 0. The molecule has 3 aliphatic rings. The van der Waals surface area contributed by atoms with Gasteiger partial charge in [-0.2, -0.15) is 5.10 Å². The third kappa shape index (κ3) is 5.00. The number of rotatable bonds is 7. The van der Waals surface area contributed by atoms with Crippen LogP contribution in [-0.2, 0) is 22.7 Å². The van der Waals surface area contributed by atoms with Gasteiger partial charge in [0, 0.05) is 62.1 Å². The fourth-order valence-electron chi connectivity index (χ4n) is 6.21. The molecule has 6 rings (SSSR count). The summed E-state index contributed by atoms with van der Waals surface area (Å²) in [6.07, 6.45) is 6.04. The summed E-state index contributed by atoms with van der Waals surface area (Å²) < 4.78 is 1.76. The Bertz CT molecular complexity index is 1420. The first kappa shape index (κ1) is 26.2. The zero-order chi connectivity index (χ0) is 28.1. The van der Waals surface area contributed by atoms with Gasteiger partial charge in [0.15, 0.2) is 0 Å². The lowest BCUT2D eigenvalue weighted by molar-refractivity contribution is -0.151. The maximum atomic E-state index is 13.6. The van der Waals surface area contributed by atoms with E-state index in [9.17, 15) is 14.4 Å². The predicted octanol–water partition coefficient (Wildman–Crippen LogP) is 2.90. The molecule has 3 fully saturated rings. The largest absolute Gasteiger partial charge is 0.352 e. The number of carbonyl (C=O) groups excluding carboxylic acids is 3. The van der Waals surface area contributed by atoms with E-state index in [0.717, 1.165) is 23.2 Å². The summed E-state index contributed by atoms with van der Waals surface area (Å²) in [5.41, 5.74) is 3.06. The van der Waals surface area contributed by atoms with Crippen LogP contribution in [0.25, 0.3) is 0 Å². The number of nitrogens with zero attached hydrogens (tertiary/aromatic N) is 5. The highest BCUT2D eigenvalue weighted by Crippen LogP contribution is 2.54. The maximum Gasteiger partial charge on any atom is 0.257 e. The molecule has 2 aromatic heterocycles. The first-order valence-electron chi connectivity index (χ1n) is 14.0. The molecule has 208 valence electrons. The van der Waals surface area contributed by atoms with Crippen LogP contribution in [0.3, 0.4) is 0 Å². The van der Waals surface area contributed by atoms with Crippen LogP contribution in [0.4, 0.5) is 0 Å². The standard InChI is InChI=1S/C31H36N6O3/c1-21-9-10-23(12-32-21)13-33-27(38)26-17-35(18-31(26)19-36(20-31)29(40)25-11-30(25,2)3)28(39)24-14-34-37(16-24)15-22-7-5-4-6-8-22/h4-10,12,14,16,25-26H,11,13,15,17-20H2,1-3H3,(H,33,38)/t25-,26+/m1/s1. The molecule has 3 amide bonds. The molecule has 9 nitrogen and oxygen atoms in total. The lowest BCUT2D eigenvalue weighted by atomic mass is 9.71. The van der Waals surface area contributed by atoms with Gasteiger partial charge in [-0.15, -0.1) is 0 Å². The second-order valence-electron chi connectivity index (χ2n) is 12.5. The summed E-state index contributed by atoms with van der Waals surface area (Å²) in [5.74, 6) is -0.391. The monoisotopic (exact) mass is 540 g/mol. The zero-order valence-corrected chi connectivity index (χ0v) is 23.3. The van der Waals surface area contributed by atoms with Crippen molar-refractivity contribution in [3.8, 4) is 0 Å². The number of nitrogens with one attached hydrogen (secondary N) is 1. The van der Waals surface area contributed by atoms with Crippen LogP contribution >= 0.6 is 0 Å². The summed E-state index contributed by atoms with van der Waals surface area (Å²) in [6.45, 7) is 8.87. The summed E-state index contributed by atoms with van der Waals surface area (Å²) in [4.78, 5) is 48.2. The van der Waals surface area contributed by atoms with Gasteiger partial charge in [-0.3, -0.25) is 24.0 Å². The molecule has 2 aliphatic heterocycles. The predicted molar refractivity (Wildman–Crippen MR) is 149 cm³/mol. The molecular formula is C31H36N6O3. The Hall–Kier alpha value is -4.01. The fraction of sp³-hybridized carbons (Fsp3) is 0.452. The lowest BCUT2D eigenvalue weighted by Gasteiger charge is -2.50. The highest BCUT2D eigenvalue weighted by molar-refractivity contribution is 5.95. The highest BCUT2D eigenvalue weighted by atomic mass is 16.2. The van der Waals surface area contributed by atoms with Gasteiger partial charge in [-0.25, -0.2) is 0 Å². The zero-order valence-electron chi connectivity index (χ0n) is 23.3. The minimum atomic E-state index is -0.444. The van der Waals surface area contributed by atoms with Crippen LogP contribution in [0.2, 0.25) is 0 Å². The van der Waals surface area contributed by atoms with Crippen LogP contribution in [0.5, 0.6) is 0 Å². The third-order valence-electron chi connectivity index (χ3n) is 8.89. The van der Waals surface area contributed by atoms with Crippen LogP contribution in [0, 0.1) is 29.6 Å². The van der Waals surface area contributed by atoms with Gasteiger partial charge in [0.25, 0.3) is 5.91 Å². The van der Waals surface area contributed by atoms with E-state index in [-0.39, 0.29) is 29.1 Å². The van der Waals surface area contributed by atoms with E-state index in [0.29, 0.717) is 44.8 Å². The Balaban J connectivity index is 1.16. The molecule has 3 aromatic rings. The third-order valence-corrected chi connectivity index (χ3v) is 8.89. The topological polar surface area (TPSA) is 100 Å². The number of benzene rings is 1. The highest BCUT2D eigenvalue weighted by Gasteiger charge is 2.61. The van der Waals surface area contributed by atoms with Crippen LogP contribution < -0.4 is 5.32 Å². The number of pyridine rings is 1. The van der Waals surface area contributed by atoms with E-state index in [1.807, 2.05) is 54.3 Å². The van der Waals surface area contributed by atoms with Crippen molar-refractivity contribution in [1.82, 2.24) is 29.9 Å².